The monoisotopic (exact) mass is 609 g/mol. The van der Waals surface area contributed by atoms with Crippen LogP contribution in [0.3, 0.4) is 0 Å². The molecule has 15 heteroatoms. The summed E-state index contributed by atoms with van der Waals surface area (Å²) in [6.07, 6.45) is -10.5. The van der Waals surface area contributed by atoms with Gasteiger partial charge in [0.05, 0.1) is 10.6 Å². The first-order chi connectivity index (χ1) is 19.3. The zero-order chi connectivity index (χ0) is 29.6. The van der Waals surface area contributed by atoms with Crippen LogP contribution in [0.15, 0.2) is 93.5 Å². The number of hydrogen-bond donors (Lipinski definition) is 0. The normalized spacial score (nSPS) is 13.1. The van der Waals surface area contributed by atoms with Gasteiger partial charge >= 0.3 is 12.4 Å². The van der Waals surface area contributed by atoms with Crippen molar-refractivity contribution in [3.63, 3.8) is 0 Å². The van der Waals surface area contributed by atoms with Crippen molar-refractivity contribution in [1.29, 1.82) is 0 Å². The summed E-state index contributed by atoms with van der Waals surface area (Å²) in [5, 5.41) is 7.05. The number of rotatable bonds is 5. The van der Waals surface area contributed by atoms with Crippen LogP contribution in [0.4, 0.5) is 26.3 Å². The van der Waals surface area contributed by atoms with Crippen LogP contribution in [-0.4, -0.2) is 27.7 Å². The molecule has 0 fully saturated rings. The molecule has 2 heterocycles. The molecule has 0 amide bonds. The molecule has 0 saturated heterocycles. The highest BCUT2D eigenvalue weighted by Crippen LogP contribution is 2.36. The SMILES string of the molecule is Cc1ccc(-n2c(-c3ccccc3)cs/c2=N\S(=O)(=O)c2ccc(-n3c(C(F)(F)F)nnc3C(F)(F)F)cc2)cc1. The van der Waals surface area contributed by atoms with Gasteiger partial charge in [0.2, 0.25) is 16.5 Å². The Morgan fingerprint density at radius 2 is 1.24 bits per heavy atom. The van der Waals surface area contributed by atoms with Crippen molar-refractivity contribution in [1.82, 2.24) is 19.3 Å². The van der Waals surface area contributed by atoms with Crippen LogP contribution in [0.25, 0.3) is 22.6 Å². The maximum atomic E-state index is 13.4. The molecule has 41 heavy (non-hydrogen) atoms. The van der Waals surface area contributed by atoms with Crippen molar-refractivity contribution in [3.05, 3.63) is 106 Å². The lowest BCUT2D eigenvalue weighted by Crippen LogP contribution is -2.19. The molecule has 7 nitrogen and oxygen atoms in total. The van der Waals surface area contributed by atoms with Gasteiger partial charge in [0.15, 0.2) is 0 Å². The van der Waals surface area contributed by atoms with E-state index in [-0.39, 0.29) is 9.37 Å². The molecule has 2 aromatic heterocycles. The molecular formula is C26H17F6N5O2S2. The molecule has 5 aromatic rings. The van der Waals surface area contributed by atoms with Gasteiger partial charge in [-0.05, 0) is 48.9 Å². The number of hydrogen-bond acceptors (Lipinski definition) is 5. The van der Waals surface area contributed by atoms with E-state index in [1.54, 1.807) is 22.1 Å². The first-order valence-electron chi connectivity index (χ1n) is 11.6. The van der Waals surface area contributed by atoms with Gasteiger partial charge in [-0.1, -0.05) is 48.0 Å². The Bertz CT molecular complexity index is 1840. The van der Waals surface area contributed by atoms with Crippen molar-refractivity contribution < 1.29 is 34.8 Å². The van der Waals surface area contributed by atoms with Crippen LogP contribution in [0, 0.1) is 6.92 Å². The minimum atomic E-state index is -5.25. The molecule has 5 rings (SSSR count). The van der Waals surface area contributed by atoms with Gasteiger partial charge in [-0.25, -0.2) is 0 Å². The summed E-state index contributed by atoms with van der Waals surface area (Å²) >= 11 is 1.05. The Balaban J connectivity index is 1.61. The number of aryl methyl sites for hydroxylation is 1. The average Bonchev–Trinajstić information content (AvgIpc) is 3.55. The Morgan fingerprint density at radius 3 is 1.78 bits per heavy atom. The van der Waals surface area contributed by atoms with E-state index in [9.17, 15) is 34.8 Å². The minimum Gasteiger partial charge on any atom is -0.284 e. The molecule has 0 bridgehead atoms. The smallest absolute Gasteiger partial charge is 0.284 e. The molecule has 0 atom stereocenters. The largest absolute Gasteiger partial charge is 0.452 e. The molecule has 0 aliphatic carbocycles. The lowest BCUT2D eigenvalue weighted by Gasteiger charge is -2.14. The Hall–Kier alpha value is -4.24. The number of halogens is 6. The summed E-state index contributed by atoms with van der Waals surface area (Å²) in [5.74, 6) is -3.81. The number of thiazole rings is 1. The summed E-state index contributed by atoms with van der Waals surface area (Å²) in [6.45, 7) is 1.90. The fourth-order valence-electron chi connectivity index (χ4n) is 3.95. The van der Waals surface area contributed by atoms with Gasteiger partial charge < -0.3 is 0 Å². The second-order valence-electron chi connectivity index (χ2n) is 8.68. The second kappa shape index (κ2) is 10.3. The number of benzene rings is 3. The van der Waals surface area contributed by atoms with E-state index in [0.717, 1.165) is 46.7 Å². The third-order valence-electron chi connectivity index (χ3n) is 5.83. The summed E-state index contributed by atoms with van der Waals surface area (Å²) in [6, 6.07) is 19.8. The Morgan fingerprint density at radius 1 is 0.732 bits per heavy atom. The van der Waals surface area contributed by atoms with E-state index in [1.165, 1.54) is 0 Å². The molecule has 3 aromatic carbocycles. The highest BCUT2D eigenvalue weighted by Gasteiger charge is 2.45. The van der Waals surface area contributed by atoms with Gasteiger partial charge in [0.25, 0.3) is 10.0 Å². The number of sulfonamides is 1. The maximum Gasteiger partial charge on any atom is 0.452 e. The van der Waals surface area contributed by atoms with Gasteiger partial charge in [-0.2, -0.15) is 34.8 Å². The standard InChI is InChI=1S/C26H17F6N5O2S2/c1-16-7-9-18(10-8-16)36-21(17-5-3-2-4-6-17)15-40-24(36)35-41(38,39)20-13-11-19(12-14-20)37-22(25(27,28)29)33-34-23(37)26(30,31)32/h2-15H,1H3/b35-24-. The van der Waals surface area contributed by atoms with Crippen LogP contribution in [0.2, 0.25) is 0 Å². The second-order valence-corrected chi connectivity index (χ2v) is 11.1. The van der Waals surface area contributed by atoms with Crippen molar-refractivity contribution in [2.75, 3.05) is 0 Å². The third kappa shape index (κ3) is 5.67. The molecular weight excluding hydrogens is 592 g/mol. The van der Waals surface area contributed by atoms with Crippen molar-refractivity contribution in [2.24, 2.45) is 4.40 Å². The average molecular weight is 610 g/mol. The lowest BCUT2D eigenvalue weighted by atomic mass is 10.1. The molecule has 0 N–H and O–H groups in total. The number of aromatic nitrogens is 4. The molecule has 0 unspecified atom stereocenters. The fraction of sp³-hybridized carbons (Fsp3) is 0.115. The summed E-state index contributed by atoms with van der Waals surface area (Å²) in [7, 11) is -4.45. The molecule has 0 radical (unpaired) electrons. The van der Waals surface area contributed by atoms with Crippen molar-refractivity contribution in [2.45, 2.75) is 24.2 Å². The van der Waals surface area contributed by atoms with Crippen LogP contribution in [0.5, 0.6) is 0 Å². The predicted molar refractivity (Wildman–Crippen MR) is 138 cm³/mol. The van der Waals surface area contributed by atoms with E-state index in [4.69, 9.17) is 0 Å². The van der Waals surface area contributed by atoms with Gasteiger partial charge in [0.1, 0.15) is 0 Å². The zero-order valence-corrected chi connectivity index (χ0v) is 22.4. The zero-order valence-electron chi connectivity index (χ0n) is 20.7. The van der Waals surface area contributed by atoms with Gasteiger partial charge in [-0.3, -0.25) is 9.13 Å². The van der Waals surface area contributed by atoms with Crippen LogP contribution >= 0.6 is 11.3 Å². The topological polar surface area (TPSA) is 82.1 Å². The van der Waals surface area contributed by atoms with E-state index in [1.807, 2.05) is 49.4 Å². The first-order valence-corrected chi connectivity index (χ1v) is 13.9. The summed E-state index contributed by atoms with van der Waals surface area (Å²) in [5.41, 5.74) is 2.43. The quantitative estimate of drug-likeness (QED) is 0.215. The van der Waals surface area contributed by atoms with E-state index in [0.29, 0.717) is 11.4 Å². The van der Waals surface area contributed by atoms with E-state index >= 15 is 0 Å². The fourth-order valence-corrected chi connectivity index (χ4v) is 6.05. The Labute approximate surface area is 232 Å². The summed E-state index contributed by atoms with van der Waals surface area (Å²) in [4.78, 5) is -0.365. The molecule has 0 spiro atoms. The molecule has 0 aliphatic heterocycles. The Kier molecular flexibility index (Phi) is 7.11. The lowest BCUT2D eigenvalue weighted by molar-refractivity contribution is -0.153. The highest BCUT2D eigenvalue weighted by atomic mass is 32.2. The molecule has 0 saturated carbocycles. The predicted octanol–water partition coefficient (Wildman–Crippen LogP) is 6.42. The van der Waals surface area contributed by atoms with E-state index in [2.05, 4.69) is 14.6 Å². The van der Waals surface area contributed by atoms with Crippen molar-refractivity contribution in [3.8, 4) is 22.6 Å². The number of alkyl halides is 6. The highest BCUT2D eigenvalue weighted by molar-refractivity contribution is 7.90. The minimum absolute atomic E-state index is 0.0781. The van der Waals surface area contributed by atoms with E-state index < -0.39 is 44.6 Å². The number of nitrogens with zero attached hydrogens (tertiary/aromatic N) is 5. The molecule has 212 valence electrons. The van der Waals surface area contributed by atoms with Crippen LogP contribution in [0.1, 0.15) is 17.2 Å². The van der Waals surface area contributed by atoms with Gasteiger partial charge in [0, 0.05) is 16.8 Å². The molecule has 0 aliphatic rings. The maximum absolute atomic E-state index is 13.4. The third-order valence-corrected chi connectivity index (χ3v) is 8.05. The first kappa shape index (κ1) is 28.3. The van der Waals surface area contributed by atoms with Gasteiger partial charge in [-0.15, -0.1) is 25.9 Å². The van der Waals surface area contributed by atoms with Crippen LogP contribution in [-0.2, 0) is 22.4 Å². The van der Waals surface area contributed by atoms with Crippen molar-refractivity contribution >= 4 is 21.4 Å². The van der Waals surface area contributed by atoms with Crippen LogP contribution < -0.4 is 4.80 Å². The summed E-state index contributed by atoms with van der Waals surface area (Å²) < 4.78 is 112.